The van der Waals surface area contributed by atoms with Crippen LogP contribution in [0.5, 0.6) is 0 Å². The number of carbonyl (C=O) groups excluding carboxylic acids is 1. The van der Waals surface area contributed by atoms with Gasteiger partial charge in [0.15, 0.2) is 4.96 Å². The molecule has 2 aromatic heterocycles. The number of likely N-dealkylation sites (N-methyl/N-ethyl adjacent to an activating group) is 1. The summed E-state index contributed by atoms with van der Waals surface area (Å²) in [5.41, 5.74) is 4.39. The molecule has 3 rings (SSSR count). The summed E-state index contributed by atoms with van der Waals surface area (Å²) in [6.07, 6.45) is 5.37. The van der Waals surface area contributed by atoms with Crippen LogP contribution in [-0.4, -0.2) is 46.5 Å². The first kappa shape index (κ1) is 22.9. The molecule has 0 unspecified atom stereocenters. The van der Waals surface area contributed by atoms with Gasteiger partial charge >= 0.3 is 5.97 Å². The van der Waals surface area contributed by atoms with Gasteiger partial charge in [-0.05, 0) is 51.1 Å². The van der Waals surface area contributed by atoms with E-state index in [9.17, 15) is 9.59 Å². The quantitative estimate of drug-likeness (QED) is 0.488. The van der Waals surface area contributed by atoms with Crippen LogP contribution in [0.2, 0.25) is 0 Å². The van der Waals surface area contributed by atoms with E-state index in [4.69, 9.17) is 4.74 Å². The van der Waals surface area contributed by atoms with Gasteiger partial charge in [-0.1, -0.05) is 55.0 Å². The Kier molecular flexibility index (Phi) is 7.41. The van der Waals surface area contributed by atoms with Crippen molar-refractivity contribution in [1.82, 2.24) is 14.3 Å². The number of aromatic nitrogens is 2. The Morgan fingerprint density at radius 3 is 2.65 bits per heavy atom. The van der Waals surface area contributed by atoms with Crippen LogP contribution in [-0.2, 0) is 4.74 Å². The Balaban J connectivity index is 1.84. The van der Waals surface area contributed by atoms with E-state index in [-0.39, 0.29) is 5.56 Å². The van der Waals surface area contributed by atoms with Crippen LogP contribution in [0, 0.1) is 20.8 Å². The van der Waals surface area contributed by atoms with Crippen molar-refractivity contribution < 1.29 is 9.53 Å². The molecule has 0 saturated heterocycles. The predicted molar refractivity (Wildman–Crippen MR) is 127 cm³/mol. The van der Waals surface area contributed by atoms with E-state index in [1.165, 1.54) is 27.5 Å². The maximum absolute atomic E-state index is 12.8. The number of aryl methyl sites for hydroxylation is 2. The molecule has 1 aromatic carbocycles. The van der Waals surface area contributed by atoms with Gasteiger partial charge in [0.25, 0.3) is 5.56 Å². The number of esters is 1. The Morgan fingerprint density at radius 1 is 1.19 bits per heavy atom. The van der Waals surface area contributed by atoms with Crippen molar-refractivity contribution in [2.45, 2.75) is 34.6 Å². The molecule has 0 bridgehead atoms. The van der Waals surface area contributed by atoms with E-state index < -0.39 is 5.97 Å². The third-order valence-electron chi connectivity index (χ3n) is 5.39. The standard InChI is InChI=1S/C24H29N3O3S/c1-6-26(7-2)12-13-30-23(29)21-15-27-22(28)18(5)20(25-24(27)31-21)11-10-19-14-16(3)8-9-17(19)4/h8-11,14-15H,6-7,12-13H2,1-5H3. The molecule has 0 amide bonds. The van der Waals surface area contributed by atoms with Crippen LogP contribution in [0.4, 0.5) is 0 Å². The first-order chi connectivity index (χ1) is 14.8. The summed E-state index contributed by atoms with van der Waals surface area (Å²) in [7, 11) is 0. The molecule has 0 aliphatic carbocycles. The molecule has 7 heteroatoms. The van der Waals surface area contributed by atoms with Gasteiger partial charge in [0.1, 0.15) is 11.5 Å². The molecule has 0 aliphatic heterocycles. The molecule has 0 aliphatic rings. The van der Waals surface area contributed by atoms with Crippen molar-refractivity contribution in [2.75, 3.05) is 26.2 Å². The van der Waals surface area contributed by atoms with Gasteiger partial charge in [0.2, 0.25) is 0 Å². The molecule has 0 N–H and O–H groups in total. The van der Waals surface area contributed by atoms with Crippen molar-refractivity contribution in [3.63, 3.8) is 0 Å². The second-order valence-corrected chi connectivity index (χ2v) is 8.54. The molecule has 6 nitrogen and oxygen atoms in total. The number of benzene rings is 1. The minimum atomic E-state index is -0.424. The van der Waals surface area contributed by atoms with E-state index in [1.54, 1.807) is 6.92 Å². The summed E-state index contributed by atoms with van der Waals surface area (Å²) >= 11 is 1.17. The predicted octanol–water partition coefficient (Wildman–Crippen LogP) is 4.35. The summed E-state index contributed by atoms with van der Waals surface area (Å²) in [5, 5.41) is 0. The molecule has 0 radical (unpaired) electrons. The number of nitrogens with zero attached hydrogens (tertiary/aromatic N) is 3. The zero-order valence-electron chi connectivity index (χ0n) is 18.8. The lowest BCUT2D eigenvalue weighted by molar-refractivity contribution is 0.0471. The van der Waals surface area contributed by atoms with Crippen molar-refractivity contribution in [3.05, 3.63) is 67.6 Å². The summed E-state index contributed by atoms with van der Waals surface area (Å²) in [6, 6.07) is 6.25. The van der Waals surface area contributed by atoms with Gasteiger partial charge in [-0.15, -0.1) is 0 Å². The lowest BCUT2D eigenvalue weighted by Gasteiger charge is -2.17. The highest BCUT2D eigenvalue weighted by Crippen LogP contribution is 2.19. The summed E-state index contributed by atoms with van der Waals surface area (Å²) in [6.45, 7) is 12.8. The van der Waals surface area contributed by atoms with Crippen LogP contribution in [0.1, 0.15) is 51.5 Å². The number of rotatable bonds is 8. The smallest absolute Gasteiger partial charge is 0.350 e. The maximum Gasteiger partial charge on any atom is 0.350 e. The molecule has 31 heavy (non-hydrogen) atoms. The summed E-state index contributed by atoms with van der Waals surface area (Å²) < 4.78 is 6.82. The topological polar surface area (TPSA) is 63.9 Å². The third kappa shape index (κ3) is 5.29. The van der Waals surface area contributed by atoms with Crippen LogP contribution in [0.15, 0.2) is 29.2 Å². The van der Waals surface area contributed by atoms with Crippen LogP contribution < -0.4 is 5.56 Å². The molecule has 0 saturated carbocycles. The van der Waals surface area contributed by atoms with E-state index in [0.717, 1.165) is 24.2 Å². The van der Waals surface area contributed by atoms with Crippen molar-refractivity contribution >= 4 is 34.4 Å². The van der Waals surface area contributed by atoms with Gasteiger partial charge in [0.05, 0.1) is 5.69 Å². The Morgan fingerprint density at radius 2 is 1.94 bits per heavy atom. The number of carbonyl (C=O) groups is 1. The number of hydrogen-bond donors (Lipinski definition) is 0. The first-order valence-electron chi connectivity index (χ1n) is 10.5. The lowest BCUT2D eigenvalue weighted by atomic mass is 10.0. The van der Waals surface area contributed by atoms with Gasteiger partial charge in [0, 0.05) is 18.3 Å². The lowest BCUT2D eigenvalue weighted by Crippen LogP contribution is -2.27. The third-order valence-corrected chi connectivity index (χ3v) is 6.35. The molecule has 164 valence electrons. The van der Waals surface area contributed by atoms with Crippen LogP contribution >= 0.6 is 11.3 Å². The van der Waals surface area contributed by atoms with Crippen LogP contribution in [0.25, 0.3) is 17.1 Å². The normalized spacial score (nSPS) is 11.7. The Hall–Kier alpha value is -2.77. The number of thiazole rings is 1. The fourth-order valence-corrected chi connectivity index (χ4v) is 4.16. The largest absolute Gasteiger partial charge is 0.460 e. The summed E-state index contributed by atoms with van der Waals surface area (Å²) in [5.74, 6) is -0.424. The van der Waals surface area contributed by atoms with Gasteiger partial charge in [-0.3, -0.25) is 9.20 Å². The SMILES string of the molecule is CCN(CC)CCOC(=O)c1cn2c(=O)c(C)c(C=Cc3cc(C)ccc3C)nc2s1. The van der Waals surface area contributed by atoms with E-state index in [1.807, 2.05) is 19.1 Å². The van der Waals surface area contributed by atoms with Gasteiger partial charge in [-0.25, -0.2) is 9.78 Å². The minimum absolute atomic E-state index is 0.177. The highest BCUT2D eigenvalue weighted by Gasteiger charge is 2.16. The van der Waals surface area contributed by atoms with E-state index in [0.29, 0.717) is 34.2 Å². The van der Waals surface area contributed by atoms with Crippen molar-refractivity contribution in [1.29, 1.82) is 0 Å². The fraction of sp³-hybridized carbons (Fsp3) is 0.375. The van der Waals surface area contributed by atoms with Gasteiger partial charge in [-0.2, -0.15) is 0 Å². The highest BCUT2D eigenvalue weighted by atomic mass is 32.1. The number of fused-ring (bicyclic) bond motifs is 1. The molecule has 0 spiro atoms. The van der Waals surface area contributed by atoms with Crippen LogP contribution in [0.3, 0.4) is 0 Å². The number of hydrogen-bond acceptors (Lipinski definition) is 6. The van der Waals surface area contributed by atoms with Gasteiger partial charge < -0.3 is 9.64 Å². The zero-order chi connectivity index (χ0) is 22.5. The first-order valence-corrected chi connectivity index (χ1v) is 11.3. The molecule has 2 heterocycles. The minimum Gasteiger partial charge on any atom is -0.460 e. The second-order valence-electron chi connectivity index (χ2n) is 7.53. The van der Waals surface area contributed by atoms with Crippen molar-refractivity contribution in [3.8, 4) is 0 Å². The Bertz CT molecular complexity index is 1170. The zero-order valence-corrected chi connectivity index (χ0v) is 19.6. The monoisotopic (exact) mass is 439 g/mol. The number of ether oxygens (including phenoxy) is 1. The molecular weight excluding hydrogens is 410 g/mol. The van der Waals surface area contributed by atoms with Crippen molar-refractivity contribution in [2.24, 2.45) is 0 Å². The maximum atomic E-state index is 12.8. The van der Waals surface area contributed by atoms with E-state index >= 15 is 0 Å². The second kappa shape index (κ2) is 10.0. The van der Waals surface area contributed by atoms with E-state index in [2.05, 4.69) is 48.9 Å². The summed E-state index contributed by atoms with van der Waals surface area (Å²) in [4.78, 5) is 32.9. The highest BCUT2D eigenvalue weighted by molar-refractivity contribution is 7.18. The molecular formula is C24H29N3O3S. The molecule has 3 aromatic rings. The fourth-order valence-electron chi connectivity index (χ4n) is 3.29. The Labute approximate surface area is 186 Å². The molecule has 0 atom stereocenters. The average Bonchev–Trinajstić information content (AvgIpc) is 3.19. The molecule has 0 fully saturated rings. The average molecular weight is 440 g/mol.